The van der Waals surface area contributed by atoms with Crippen LogP contribution in [0, 0.1) is 0 Å². The summed E-state index contributed by atoms with van der Waals surface area (Å²) in [5, 5.41) is 2.98. The predicted octanol–water partition coefficient (Wildman–Crippen LogP) is 5.70. The minimum Gasteiger partial charge on any atom is -0.384 e. The van der Waals surface area contributed by atoms with Gasteiger partial charge in [0.2, 0.25) is 5.91 Å². The SMILES string of the molecule is CSc1cc2c(cc1C(F)(F)F)NCC2C(=O)N(c1ccccc1)c1cccnc1. The molecule has 30 heavy (non-hydrogen) atoms. The lowest BCUT2D eigenvalue weighted by atomic mass is 9.97. The third-order valence-corrected chi connectivity index (χ3v) is 5.76. The monoisotopic (exact) mass is 429 g/mol. The first kappa shape index (κ1) is 20.3. The Kier molecular flexibility index (Phi) is 5.42. The molecule has 1 aliphatic rings. The number of benzene rings is 2. The van der Waals surface area contributed by atoms with Gasteiger partial charge in [0.15, 0.2) is 0 Å². The van der Waals surface area contributed by atoms with Gasteiger partial charge in [-0.3, -0.25) is 14.7 Å². The van der Waals surface area contributed by atoms with E-state index in [9.17, 15) is 18.0 Å². The number of rotatable bonds is 4. The maximum Gasteiger partial charge on any atom is 0.417 e. The average molecular weight is 429 g/mol. The van der Waals surface area contributed by atoms with Crippen molar-refractivity contribution in [1.29, 1.82) is 0 Å². The van der Waals surface area contributed by atoms with Crippen molar-refractivity contribution >= 4 is 34.7 Å². The maximum atomic E-state index is 13.6. The number of thioether (sulfide) groups is 1. The number of amides is 1. The van der Waals surface area contributed by atoms with Crippen LogP contribution in [-0.4, -0.2) is 23.7 Å². The average Bonchev–Trinajstić information content (AvgIpc) is 3.17. The lowest BCUT2D eigenvalue weighted by Crippen LogP contribution is -2.32. The van der Waals surface area contributed by atoms with Gasteiger partial charge in [-0.05, 0) is 48.2 Å². The van der Waals surface area contributed by atoms with Gasteiger partial charge >= 0.3 is 6.18 Å². The second-order valence-electron chi connectivity index (χ2n) is 6.79. The number of anilines is 3. The summed E-state index contributed by atoms with van der Waals surface area (Å²) in [5.74, 6) is -0.846. The second kappa shape index (κ2) is 8.02. The summed E-state index contributed by atoms with van der Waals surface area (Å²) < 4.78 is 40.2. The molecule has 1 N–H and O–H groups in total. The van der Waals surface area contributed by atoms with Crippen molar-refractivity contribution in [2.24, 2.45) is 0 Å². The largest absolute Gasteiger partial charge is 0.417 e. The Labute approximate surface area is 176 Å². The highest BCUT2D eigenvalue weighted by Crippen LogP contribution is 2.44. The van der Waals surface area contributed by atoms with Gasteiger partial charge in [-0.2, -0.15) is 13.2 Å². The summed E-state index contributed by atoms with van der Waals surface area (Å²) in [6.45, 7) is 0.229. The highest BCUT2D eigenvalue weighted by Gasteiger charge is 2.39. The first-order chi connectivity index (χ1) is 14.4. The molecule has 154 valence electrons. The molecule has 4 nitrogen and oxygen atoms in total. The van der Waals surface area contributed by atoms with Crippen LogP contribution in [-0.2, 0) is 11.0 Å². The van der Waals surface area contributed by atoms with Gasteiger partial charge in [0, 0.05) is 29.0 Å². The van der Waals surface area contributed by atoms with Crippen LogP contribution in [0.15, 0.2) is 71.9 Å². The van der Waals surface area contributed by atoms with Crippen LogP contribution in [0.4, 0.5) is 30.2 Å². The van der Waals surface area contributed by atoms with Crippen molar-refractivity contribution in [1.82, 2.24) is 4.98 Å². The van der Waals surface area contributed by atoms with E-state index in [1.165, 1.54) is 6.07 Å². The number of carbonyl (C=O) groups is 1. The molecule has 2 heterocycles. The summed E-state index contributed by atoms with van der Waals surface area (Å²) in [7, 11) is 0. The number of hydrogen-bond donors (Lipinski definition) is 1. The fourth-order valence-electron chi connectivity index (χ4n) is 3.59. The van der Waals surface area contributed by atoms with Crippen molar-refractivity contribution in [2.45, 2.75) is 17.0 Å². The van der Waals surface area contributed by atoms with Gasteiger partial charge < -0.3 is 5.32 Å². The van der Waals surface area contributed by atoms with Crippen molar-refractivity contribution in [3.63, 3.8) is 0 Å². The zero-order valence-electron chi connectivity index (χ0n) is 16.0. The molecule has 1 unspecified atom stereocenters. The number of nitrogens with zero attached hydrogens (tertiary/aromatic N) is 2. The van der Waals surface area contributed by atoms with E-state index in [0.717, 1.165) is 17.8 Å². The smallest absolute Gasteiger partial charge is 0.384 e. The fraction of sp³-hybridized carbons (Fsp3) is 0.182. The number of fused-ring (bicyclic) bond motifs is 1. The number of aromatic nitrogens is 1. The lowest BCUT2D eigenvalue weighted by molar-refractivity contribution is -0.139. The van der Waals surface area contributed by atoms with E-state index in [4.69, 9.17) is 0 Å². The van der Waals surface area contributed by atoms with Crippen LogP contribution in [0.2, 0.25) is 0 Å². The van der Waals surface area contributed by atoms with E-state index in [2.05, 4.69) is 10.3 Å². The van der Waals surface area contributed by atoms with Crippen LogP contribution in [0.5, 0.6) is 0 Å². The number of hydrogen-bond acceptors (Lipinski definition) is 4. The lowest BCUT2D eigenvalue weighted by Gasteiger charge is -2.26. The number of carbonyl (C=O) groups excluding carboxylic acids is 1. The Bertz CT molecular complexity index is 1020. The molecule has 0 saturated carbocycles. The van der Waals surface area contributed by atoms with E-state index in [1.54, 1.807) is 35.7 Å². The Hall–Kier alpha value is -3.00. The van der Waals surface area contributed by atoms with Gasteiger partial charge in [-0.1, -0.05) is 18.2 Å². The molecule has 1 aromatic heterocycles. The van der Waals surface area contributed by atoms with E-state index in [0.29, 0.717) is 22.6 Å². The van der Waals surface area contributed by atoms with Crippen LogP contribution in [0.25, 0.3) is 0 Å². The third-order valence-electron chi connectivity index (χ3n) is 4.99. The predicted molar refractivity (Wildman–Crippen MR) is 112 cm³/mol. The summed E-state index contributed by atoms with van der Waals surface area (Å²) in [5.41, 5.74) is 1.49. The molecule has 0 fully saturated rings. The molecule has 0 saturated heterocycles. The van der Waals surface area contributed by atoms with Gasteiger partial charge in [-0.15, -0.1) is 11.8 Å². The molecule has 0 spiro atoms. The van der Waals surface area contributed by atoms with Crippen LogP contribution in [0.3, 0.4) is 0 Å². The molecule has 0 radical (unpaired) electrons. The molecule has 1 amide bonds. The first-order valence-corrected chi connectivity index (χ1v) is 10.4. The maximum absolute atomic E-state index is 13.6. The molecule has 3 aromatic rings. The number of para-hydroxylation sites is 1. The molecular formula is C22H18F3N3OS. The minimum atomic E-state index is -4.46. The Balaban J connectivity index is 1.77. The van der Waals surface area contributed by atoms with E-state index >= 15 is 0 Å². The van der Waals surface area contributed by atoms with Crippen molar-refractivity contribution in [2.75, 3.05) is 23.0 Å². The zero-order chi connectivity index (χ0) is 21.3. The normalized spacial score (nSPS) is 15.4. The van der Waals surface area contributed by atoms with Crippen molar-refractivity contribution in [3.05, 3.63) is 78.1 Å². The standard InChI is InChI=1S/C22H18F3N3OS/c1-30-20-10-16-17(13-27-19(16)11-18(20)22(23,24)25)21(29)28(14-6-3-2-4-7-14)15-8-5-9-26-12-15/h2-12,17,27H,13H2,1H3. The quantitative estimate of drug-likeness (QED) is 0.541. The van der Waals surface area contributed by atoms with E-state index < -0.39 is 17.7 Å². The van der Waals surface area contributed by atoms with Gasteiger partial charge in [0.05, 0.1) is 23.4 Å². The number of alkyl halides is 3. The molecule has 1 atom stereocenters. The van der Waals surface area contributed by atoms with Crippen molar-refractivity contribution in [3.8, 4) is 0 Å². The molecule has 0 bridgehead atoms. The number of halogens is 3. The summed E-state index contributed by atoms with van der Waals surface area (Å²) in [6.07, 6.45) is 0.353. The molecule has 4 rings (SSSR count). The van der Waals surface area contributed by atoms with Crippen LogP contribution < -0.4 is 10.2 Å². The van der Waals surface area contributed by atoms with E-state index in [1.807, 2.05) is 30.3 Å². The van der Waals surface area contributed by atoms with Gasteiger partial charge in [0.25, 0.3) is 0 Å². The number of pyridine rings is 1. The molecule has 2 aromatic carbocycles. The summed E-state index contributed by atoms with van der Waals surface area (Å²) >= 11 is 1.02. The molecule has 0 aliphatic carbocycles. The highest BCUT2D eigenvalue weighted by atomic mass is 32.2. The topological polar surface area (TPSA) is 45.2 Å². The van der Waals surface area contributed by atoms with Crippen LogP contribution in [0.1, 0.15) is 17.0 Å². The molecule has 1 aliphatic heterocycles. The zero-order valence-corrected chi connectivity index (χ0v) is 16.8. The second-order valence-corrected chi connectivity index (χ2v) is 7.64. The van der Waals surface area contributed by atoms with Crippen molar-refractivity contribution < 1.29 is 18.0 Å². The summed E-state index contributed by atoms with van der Waals surface area (Å²) in [6, 6.07) is 15.2. The Morgan fingerprint density at radius 2 is 1.87 bits per heavy atom. The first-order valence-electron chi connectivity index (χ1n) is 9.22. The van der Waals surface area contributed by atoms with Crippen LogP contribution >= 0.6 is 11.8 Å². The van der Waals surface area contributed by atoms with Gasteiger partial charge in [0.1, 0.15) is 0 Å². The summed E-state index contributed by atoms with van der Waals surface area (Å²) in [4.78, 5) is 19.4. The highest BCUT2D eigenvalue weighted by molar-refractivity contribution is 7.98. The molecule has 8 heteroatoms. The van der Waals surface area contributed by atoms with E-state index in [-0.39, 0.29) is 17.3 Å². The Morgan fingerprint density at radius 3 is 2.50 bits per heavy atom. The molecular weight excluding hydrogens is 411 g/mol. The number of nitrogens with one attached hydrogen (secondary N) is 1. The van der Waals surface area contributed by atoms with Gasteiger partial charge in [-0.25, -0.2) is 0 Å². The minimum absolute atomic E-state index is 0.107. The Morgan fingerprint density at radius 1 is 1.13 bits per heavy atom. The third kappa shape index (κ3) is 3.75. The fourth-order valence-corrected chi connectivity index (χ4v) is 4.23.